The van der Waals surface area contributed by atoms with Gasteiger partial charge in [-0.05, 0) is 19.3 Å². The first kappa shape index (κ1) is 23.1. The van der Waals surface area contributed by atoms with Gasteiger partial charge in [-0.3, -0.25) is 4.79 Å². The molecule has 0 heterocycles. The Kier molecular flexibility index (Phi) is 16.9. The Hall–Kier alpha value is 0.0500. The lowest BCUT2D eigenvalue weighted by molar-refractivity contribution is -0.140. The number of hydrogen-bond donors (Lipinski definition) is 0. The molecule has 0 aliphatic rings. The van der Waals surface area contributed by atoms with E-state index in [1.165, 1.54) is 52.1 Å². The van der Waals surface area contributed by atoms with Gasteiger partial charge in [0.1, 0.15) is 0 Å². The molecule has 138 valence electrons. The number of rotatable bonds is 16. The smallest absolute Gasteiger partial charge is 0.305 e. The van der Waals surface area contributed by atoms with E-state index in [2.05, 4.69) is 11.7 Å². The molecule has 0 N–H and O–H groups in total. The van der Waals surface area contributed by atoms with Crippen molar-refractivity contribution in [2.45, 2.75) is 108 Å². The zero-order valence-corrected chi connectivity index (χ0v) is 16.6. The standard InChI is InChI=1S/C19H36Cl2O2/c1-3-4-5-6-7-8-11-14-17(20)18(21)15-12-9-10-13-16-19(22)23-2/h17-18H,3-16H2,1-2H3/t17-,18-/m0/s1. The van der Waals surface area contributed by atoms with Gasteiger partial charge in [-0.25, -0.2) is 0 Å². The Balaban J connectivity index is 3.41. The van der Waals surface area contributed by atoms with Crippen LogP contribution in [0.25, 0.3) is 0 Å². The minimum Gasteiger partial charge on any atom is -0.469 e. The molecular formula is C19H36Cl2O2. The molecule has 0 saturated carbocycles. The maximum Gasteiger partial charge on any atom is 0.305 e. The molecule has 2 nitrogen and oxygen atoms in total. The van der Waals surface area contributed by atoms with Crippen molar-refractivity contribution in [3.05, 3.63) is 0 Å². The number of carbonyl (C=O) groups excluding carboxylic acids is 1. The molecule has 0 fully saturated rings. The first-order chi connectivity index (χ1) is 11.1. The predicted octanol–water partition coefficient (Wildman–Crippen LogP) is 6.86. The van der Waals surface area contributed by atoms with Crippen LogP contribution in [0.5, 0.6) is 0 Å². The molecule has 23 heavy (non-hydrogen) atoms. The lowest BCUT2D eigenvalue weighted by atomic mass is 10.0. The fourth-order valence-electron chi connectivity index (χ4n) is 2.72. The van der Waals surface area contributed by atoms with E-state index in [4.69, 9.17) is 23.2 Å². The topological polar surface area (TPSA) is 26.3 Å². The van der Waals surface area contributed by atoms with E-state index in [0.717, 1.165) is 38.5 Å². The highest BCUT2D eigenvalue weighted by atomic mass is 35.5. The summed E-state index contributed by atoms with van der Waals surface area (Å²) in [4.78, 5) is 11.0. The summed E-state index contributed by atoms with van der Waals surface area (Å²) in [5, 5.41) is 0.180. The molecule has 0 aliphatic heterocycles. The molecule has 4 heteroatoms. The van der Waals surface area contributed by atoms with Crippen molar-refractivity contribution >= 4 is 29.2 Å². The Morgan fingerprint density at radius 2 is 1.22 bits per heavy atom. The summed E-state index contributed by atoms with van der Waals surface area (Å²) in [7, 11) is 1.44. The van der Waals surface area contributed by atoms with Crippen LogP contribution in [0.4, 0.5) is 0 Å². The lowest BCUT2D eigenvalue weighted by Gasteiger charge is -2.16. The summed E-state index contributed by atoms with van der Waals surface area (Å²) >= 11 is 12.8. The number of unbranched alkanes of at least 4 members (excludes halogenated alkanes) is 9. The average molecular weight is 367 g/mol. The number of halogens is 2. The normalized spacial score (nSPS) is 13.7. The molecule has 0 radical (unpaired) electrons. The van der Waals surface area contributed by atoms with E-state index in [-0.39, 0.29) is 16.7 Å². The van der Waals surface area contributed by atoms with E-state index in [1.54, 1.807) is 0 Å². The van der Waals surface area contributed by atoms with Crippen molar-refractivity contribution in [3.8, 4) is 0 Å². The predicted molar refractivity (Wildman–Crippen MR) is 102 cm³/mol. The number of hydrogen-bond acceptors (Lipinski definition) is 2. The van der Waals surface area contributed by atoms with E-state index < -0.39 is 0 Å². The van der Waals surface area contributed by atoms with Crippen molar-refractivity contribution in [2.75, 3.05) is 7.11 Å². The third-order valence-corrected chi connectivity index (χ3v) is 5.49. The third kappa shape index (κ3) is 15.3. The summed E-state index contributed by atoms with van der Waals surface area (Å²) in [6, 6.07) is 0. The number of ether oxygens (including phenoxy) is 1. The summed E-state index contributed by atoms with van der Waals surface area (Å²) in [5.41, 5.74) is 0. The van der Waals surface area contributed by atoms with Gasteiger partial charge >= 0.3 is 5.97 Å². The first-order valence-electron chi connectivity index (χ1n) is 9.46. The van der Waals surface area contributed by atoms with Gasteiger partial charge < -0.3 is 4.74 Å². The van der Waals surface area contributed by atoms with E-state index in [1.807, 2.05) is 0 Å². The molecule has 0 saturated heterocycles. The molecule has 2 atom stereocenters. The second kappa shape index (κ2) is 16.9. The van der Waals surface area contributed by atoms with Crippen LogP contribution in [0.15, 0.2) is 0 Å². The second-order valence-corrected chi connectivity index (χ2v) is 7.59. The number of methoxy groups -OCH3 is 1. The van der Waals surface area contributed by atoms with Gasteiger partial charge in [0, 0.05) is 17.2 Å². The van der Waals surface area contributed by atoms with Gasteiger partial charge in [0.2, 0.25) is 0 Å². The van der Waals surface area contributed by atoms with E-state index in [0.29, 0.717) is 6.42 Å². The zero-order chi connectivity index (χ0) is 17.3. The molecule has 0 aromatic carbocycles. The highest BCUT2D eigenvalue weighted by Crippen LogP contribution is 2.23. The van der Waals surface area contributed by atoms with Crippen molar-refractivity contribution in [2.24, 2.45) is 0 Å². The van der Waals surface area contributed by atoms with Gasteiger partial charge in [-0.2, -0.15) is 0 Å². The van der Waals surface area contributed by atoms with Crippen LogP contribution in [0.2, 0.25) is 0 Å². The zero-order valence-electron chi connectivity index (χ0n) is 15.1. The van der Waals surface area contributed by atoms with Crippen LogP contribution in [0.1, 0.15) is 96.8 Å². The van der Waals surface area contributed by atoms with Crippen LogP contribution in [0.3, 0.4) is 0 Å². The van der Waals surface area contributed by atoms with E-state index >= 15 is 0 Å². The molecule has 0 bridgehead atoms. The van der Waals surface area contributed by atoms with Gasteiger partial charge in [0.15, 0.2) is 0 Å². The summed E-state index contributed by atoms with van der Waals surface area (Å²) in [5.74, 6) is -0.115. The average Bonchev–Trinajstić information content (AvgIpc) is 2.56. The fourth-order valence-corrected chi connectivity index (χ4v) is 3.28. The maximum atomic E-state index is 11.0. The van der Waals surface area contributed by atoms with Crippen LogP contribution < -0.4 is 0 Å². The molecular weight excluding hydrogens is 331 g/mol. The largest absolute Gasteiger partial charge is 0.469 e. The molecule has 0 aromatic heterocycles. The summed E-state index contributed by atoms with van der Waals surface area (Å²) < 4.78 is 4.62. The van der Waals surface area contributed by atoms with Crippen LogP contribution in [-0.2, 0) is 9.53 Å². The Bertz CT molecular complexity index is 272. The SMILES string of the molecule is CCCCCCCCC[C@H](Cl)[C@@H](Cl)CCCCCCC(=O)OC. The molecule has 0 aromatic rings. The minimum atomic E-state index is -0.115. The van der Waals surface area contributed by atoms with Crippen LogP contribution in [0, 0.1) is 0 Å². The highest BCUT2D eigenvalue weighted by molar-refractivity contribution is 6.29. The van der Waals surface area contributed by atoms with Gasteiger partial charge in [0.25, 0.3) is 0 Å². The Morgan fingerprint density at radius 1 is 0.783 bits per heavy atom. The Morgan fingerprint density at radius 3 is 1.70 bits per heavy atom. The fraction of sp³-hybridized carbons (Fsp3) is 0.947. The van der Waals surface area contributed by atoms with Crippen molar-refractivity contribution in [1.29, 1.82) is 0 Å². The van der Waals surface area contributed by atoms with Crippen molar-refractivity contribution < 1.29 is 9.53 Å². The molecule has 0 spiro atoms. The van der Waals surface area contributed by atoms with Gasteiger partial charge in [-0.1, -0.05) is 71.1 Å². The molecule has 0 rings (SSSR count). The lowest BCUT2D eigenvalue weighted by Crippen LogP contribution is -2.14. The van der Waals surface area contributed by atoms with Crippen LogP contribution >= 0.6 is 23.2 Å². The van der Waals surface area contributed by atoms with Crippen LogP contribution in [-0.4, -0.2) is 23.8 Å². The van der Waals surface area contributed by atoms with Crippen molar-refractivity contribution in [1.82, 2.24) is 0 Å². The maximum absolute atomic E-state index is 11.0. The monoisotopic (exact) mass is 366 g/mol. The minimum absolute atomic E-state index is 0.0809. The third-order valence-electron chi connectivity index (χ3n) is 4.31. The number of carbonyl (C=O) groups is 1. The first-order valence-corrected chi connectivity index (χ1v) is 10.3. The molecule has 0 amide bonds. The van der Waals surface area contributed by atoms with Gasteiger partial charge in [0.05, 0.1) is 7.11 Å². The number of alkyl halides is 2. The van der Waals surface area contributed by atoms with E-state index in [9.17, 15) is 4.79 Å². The summed E-state index contributed by atoms with van der Waals surface area (Å²) in [6.45, 7) is 2.25. The van der Waals surface area contributed by atoms with Gasteiger partial charge in [-0.15, -0.1) is 23.2 Å². The Labute approximate surface area is 153 Å². The number of esters is 1. The highest BCUT2D eigenvalue weighted by Gasteiger charge is 2.15. The molecule has 0 aliphatic carbocycles. The van der Waals surface area contributed by atoms with Crippen molar-refractivity contribution in [3.63, 3.8) is 0 Å². The molecule has 0 unspecified atom stereocenters. The second-order valence-electron chi connectivity index (χ2n) is 6.47. The quantitative estimate of drug-likeness (QED) is 0.169. The summed E-state index contributed by atoms with van der Waals surface area (Å²) in [6.07, 6.45) is 15.9.